The summed E-state index contributed by atoms with van der Waals surface area (Å²) in [7, 11) is 2.06. The average molecular weight is 402 g/mol. The molecule has 0 radical (unpaired) electrons. The van der Waals surface area contributed by atoms with Gasteiger partial charge in [0.2, 0.25) is 5.91 Å². The number of aryl methyl sites for hydroxylation is 1. The number of likely N-dealkylation sites (N-methyl/N-ethyl adjacent to an activating group) is 1. The molecule has 2 saturated heterocycles. The molecule has 2 fully saturated rings. The molecule has 4 rings (SSSR count). The highest BCUT2D eigenvalue weighted by molar-refractivity contribution is 6.00. The molecule has 0 bridgehead atoms. The van der Waals surface area contributed by atoms with E-state index in [0.717, 1.165) is 18.7 Å². The maximum atomic E-state index is 13.5. The molecule has 0 N–H and O–H groups in total. The number of piperazine rings is 1. The fourth-order valence-electron chi connectivity index (χ4n) is 4.44. The molecular weight excluding hydrogens is 370 g/mol. The van der Waals surface area contributed by atoms with E-state index in [2.05, 4.69) is 11.9 Å². The fraction of sp³-hybridized carbons (Fsp3) is 0.636. The molecule has 0 unspecified atom stereocenters. The van der Waals surface area contributed by atoms with Crippen molar-refractivity contribution in [2.75, 3.05) is 53.0 Å². The molecule has 0 saturated carbocycles. The molecule has 1 aromatic rings. The quantitative estimate of drug-likeness (QED) is 0.752. The molecular formula is C22H31N3O4. The number of amides is 2. The molecule has 158 valence electrons. The summed E-state index contributed by atoms with van der Waals surface area (Å²) in [5.74, 6) is 0.510. The summed E-state index contributed by atoms with van der Waals surface area (Å²) in [5.41, 5.74) is 1.04. The van der Waals surface area contributed by atoms with E-state index < -0.39 is 11.6 Å². The first-order valence-electron chi connectivity index (χ1n) is 10.5. The minimum atomic E-state index is -0.527. The molecule has 1 aromatic carbocycles. The lowest BCUT2D eigenvalue weighted by atomic mass is 9.92. The van der Waals surface area contributed by atoms with Gasteiger partial charge in [0.25, 0.3) is 5.91 Å². The first-order chi connectivity index (χ1) is 13.9. The Balaban J connectivity index is 1.65. The van der Waals surface area contributed by atoms with Crippen LogP contribution in [0.4, 0.5) is 0 Å². The number of hydrogen-bond acceptors (Lipinski definition) is 5. The largest absolute Gasteiger partial charge is 0.484 e. The molecule has 0 aromatic heterocycles. The third kappa shape index (κ3) is 3.98. The summed E-state index contributed by atoms with van der Waals surface area (Å²) in [6.07, 6.45) is 1.42. The highest BCUT2D eigenvalue weighted by Gasteiger charge is 2.44. The number of ether oxygens (including phenoxy) is 2. The Labute approximate surface area is 172 Å². The maximum Gasteiger partial charge on any atom is 0.258 e. The summed E-state index contributed by atoms with van der Waals surface area (Å²) in [6.45, 7) is 8.55. The minimum Gasteiger partial charge on any atom is -0.484 e. The Morgan fingerprint density at radius 1 is 1.14 bits per heavy atom. The first-order valence-corrected chi connectivity index (χ1v) is 10.5. The summed E-state index contributed by atoms with van der Waals surface area (Å²) in [6, 6.07) is 5.19. The molecule has 2 amide bonds. The molecule has 7 heteroatoms. The van der Waals surface area contributed by atoms with Crippen LogP contribution in [0.5, 0.6) is 5.75 Å². The van der Waals surface area contributed by atoms with Gasteiger partial charge in [0, 0.05) is 39.0 Å². The molecule has 3 aliphatic rings. The molecule has 1 atom stereocenters. The summed E-state index contributed by atoms with van der Waals surface area (Å²) >= 11 is 0. The lowest BCUT2D eigenvalue weighted by Crippen LogP contribution is -2.58. The van der Waals surface area contributed by atoms with E-state index in [9.17, 15) is 9.59 Å². The number of hydrogen-bond donors (Lipinski definition) is 0. The van der Waals surface area contributed by atoms with E-state index in [1.54, 1.807) is 4.90 Å². The van der Waals surface area contributed by atoms with Crippen molar-refractivity contribution in [3.8, 4) is 5.75 Å². The topological polar surface area (TPSA) is 62.3 Å². The van der Waals surface area contributed by atoms with Gasteiger partial charge in [-0.05, 0) is 33.0 Å². The highest BCUT2D eigenvalue weighted by Crippen LogP contribution is 2.36. The van der Waals surface area contributed by atoms with Gasteiger partial charge >= 0.3 is 0 Å². The van der Waals surface area contributed by atoms with Crippen molar-refractivity contribution in [1.82, 2.24) is 14.7 Å². The van der Waals surface area contributed by atoms with Gasteiger partial charge in [0.1, 0.15) is 17.4 Å². The molecule has 3 heterocycles. The van der Waals surface area contributed by atoms with Crippen molar-refractivity contribution in [2.45, 2.75) is 38.3 Å². The molecule has 1 spiro atoms. The van der Waals surface area contributed by atoms with Crippen molar-refractivity contribution in [3.05, 3.63) is 29.3 Å². The number of nitrogens with zero attached hydrogens (tertiary/aromatic N) is 3. The second kappa shape index (κ2) is 7.95. The van der Waals surface area contributed by atoms with E-state index in [0.29, 0.717) is 57.0 Å². The number of fused-ring (bicyclic) bond motifs is 1. The Bertz CT molecular complexity index is 782. The van der Waals surface area contributed by atoms with Crippen LogP contribution in [-0.2, 0) is 9.53 Å². The van der Waals surface area contributed by atoms with Crippen molar-refractivity contribution >= 4 is 11.8 Å². The summed E-state index contributed by atoms with van der Waals surface area (Å²) in [4.78, 5) is 32.6. The zero-order chi connectivity index (χ0) is 20.6. The van der Waals surface area contributed by atoms with Crippen LogP contribution in [0.1, 0.15) is 35.7 Å². The van der Waals surface area contributed by atoms with Gasteiger partial charge < -0.3 is 24.2 Å². The summed E-state index contributed by atoms with van der Waals surface area (Å²) < 4.78 is 12.0. The van der Waals surface area contributed by atoms with Gasteiger partial charge in [-0.1, -0.05) is 11.6 Å². The van der Waals surface area contributed by atoms with Crippen LogP contribution in [0.3, 0.4) is 0 Å². The first kappa shape index (κ1) is 20.2. The second-order valence-corrected chi connectivity index (χ2v) is 8.63. The Kier molecular flexibility index (Phi) is 5.53. The second-order valence-electron chi connectivity index (χ2n) is 8.63. The normalized spacial score (nSPS) is 23.3. The van der Waals surface area contributed by atoms with Gasteiger partial charge in [-0.3, -0.25) is 9.59 Å². The number of rotatable bonds is 2. The average Bonchev–Trinajstić information content (AvgIpc) is 2.83. The maximum absolute atomic E-state index is 13.5. The highest BCUT2D eigenvalue weighted by atomic mass is 16.5. The zero-order valence-electron chi connectivity index (χ0n) is 17.6. The smallest absolute Gasteiger partial charge is 0.258 e. The predicted octanol–water partition coefficient (Wildman–Crippen LogP) is 1.54. The Hall–Kier alpha value is -2.12. The van der Waals surface area contributed by atoms with E-state index in [-0.39, 0.29) is 11.8 Å². The van der Waals surface area contributed by atoms with E-state index in [4.69, 9.17) is 9.47 Å². The summed E-state index contributed by atoms with van der Waals surface area (Å²) in [5, 5.41) is 0. The minimum absolute atomic E-state index is 0.0183. The monoisotopic (exact) mass is 401 g/mol. The third-order valence-electron chi connectivity index (χ3n) is 6.46. The van der Waals surface area contributed by atoms with Crippen molar-refractivity contribution < 1.29 is 19.1 Å². The Morgan fingerprint density at radius 3 is 2.52 bits per heavy atom. The number of benzene rings is 1. The molecule has 0 aliphatic carbocycles. The Morgan fingerprint density at radius 2 is 1.83 bits per heavy atom. The van der Waals surface area contributed by atoms with Crippen LogP contribution in [0.2, 0.25) is 0 Å². The van der Waals surface area contributed by atoms with Gasteiger partial charge in [-0.2, -0.15) is 0 Å². The van der Waals surface area contributed by atoms with Crippen LogP contribution < -0.4 is 4.74 Å². The van der Waals surface area contributed by atoms with E-state index in [1.165, 1.54) is 0 Å². The van der Waals surface area contributed by atoms with Crippen LogP contribution in [-0.4, -0.2) is 91.1 Å². The van der Waals surface area contributed by atoms with Gasteiger partial charge in [0.05, 0.1) is 25.3 Å². The molecule has 7 nitrogen and oxygen atoms in total. The molecule has 3 aliphatic heterocycles. The van der Waals surface area contributed by atoms with Crippen LogP contribution in [0.15, 0.2) is 18.2 Å². The predicted molar refractivity (Wildman–Crippen MR) is 109 cm³/mol. The standard InChI is InChI=1S/C22H31N3O4/c1-16-4-5-19-18(14-16)21(27)25(15-22(29-19)6-12-28-13-7-22)17(2)20(26)24-10-8-23(3)9-11-24/h4-5,14,17H,6-13,15H2,1-3H3/t17-/m1/s1. The lowest BCUT2D eigenvalue weighted by Gasteiger charge is -2.41. The van der Waals surface area contributed by atoms with Crippen molar-refractivity contribution in [3.63, 3.8) is 0 Å². The van der Waals surface area contributed by atoms with Gasteiger partial charge in [0.15, 0.2) is 0 Å². The van der Waals surface area contributed by atoms with Crippen LogP contribution in [0, 0.1) is 6.92 Å². The zero-order valence-corrected chi connectivity index (χ0v) is 17.6. The number of carbonyl (C=O) groups is 2. The fourth-order valence-corrected chi connectivity index (χ4v) is 4.44. The van der Waals surface area contributed by atoms with Crippen LogP contribution >= 0.6 is 0 Å². The van der Waals surface area contributed by atoms with Gasteiger partial charge in [-0.25, -0.2) is 0 Å². The lowest BCUT2D eigenvalue weighted by molar-refractivity contribution is -0.138. The van der Waals surface area contributed by atoms with E-state index >= 15 is 0 Å². The van der Waals surface area contributed by atoms with E-state index in [1.807, 2.05) is 36.9 Å². The van der Waals surface area contributed by atoms with Crippen molar-refractivity contribution in [2.24, 2.45) is 0 Å². The number of carbonyl (C=O) groups excluding carboxylic acids is 2. The van der Waals surface area contributed by atoms with Crippen molar-refractivity contribution in [1.29, 1.82) is 0 Å². The SMILES string of the molecule is Cc1ccc2c(c1)C(=O)N([C@H](C)C(=O)N1CCN(C)CC1)CC1(CCOCC1)O2. The molecule has 29 heavy (non-hydrogen) atoms. The third-order valence-corrected chi connectivity index (χ3v) is 6.46. The van der Waals surface area contributed by atoms with Gasteiger partial charge in [-0.15, -0.1) is 0 Å². The van der Waals surface area contributed by atoms with Crippen LogP contribution in [0.25, 0.3) is 0 Å².